The second-order valence-electron chi connectivity index (χ2n) is 7.93. The standard InChI is InChI=1S/C25H31N3O5S/c1-5-14-28(15-6-2)25(30)22-17-26-23-13-12-20(16-21(23)24(22)29)34(31,32)27(4)18-8-10-19(11-9-18)33-7-3/h8-13,16-17H,5-7,14-15H2,1-4H3,(H,26,29). The van der Waals surface area contributed by atoms with Crippen LogP contribution in [0.15, 0.2) is 58.4 Å². The van der Waals surface area contributed by atoms with Crippen LogP contribution in [0.25, 0.3) is 10.9 Å². The number of carbonyl (C=O) groups excluding carboxylic acids is 1. The molecule has 0 aliphatic heterocycles. The highest BCUT2D eigenvalue weighted by Gasteiger charge is 2.24. The van der Waals surface area contributed by atoms with Gasteiger partial charge in [-0.2, -0.15) is 0 Å². The van der Waals surface area contributed by atoms with Gasteiger partial charge in [-0.15, -0.1) is 0 Å². The van der Waals surface area contributed by atoms with Crippen LogP contribution in [-0.2, 0) is 10.0 Å². The van der Waals surface area contributed by atoms with E-state index in [0.717, 1.165) is 17.1 Å². The van der Waals surface area contributed by atoms with E-state index in [2.05, 4.69) is 4.98 Å². The van der Waals surface area contributed by atoms with Crippen LogP contribution in [0.4, 0.5) is 5.69 Å². The van der Waals surface area contributed by atoms with Crippen LogP contribution in [0.3, 0.4) is 0 Å². The Labute approximate surface area is 200 Å². The fourth-order valence-electron chi connectivity index (χ4n) is 3.76. The van der Waals surface area contributed by atoms with E-state index in [1.54, 1.807) is 35.2 Å². The maximum absolute atomic E-state index is 13.3. The van der Waals surface area contributed by atoms with E-state index in [9.17, 15) is 18.0 Å². The van der Waals surface area contributed by atoms with Crippen molar-refractivity contribution in [2.45, 2.75) is 38.5 Å². The molecule has 1 N–H and O–H groups in total. The number of pyridine rings is 1. The molecule has 0 bridgehead atoms. The third kappa shape index (κ3) is 5.09. The molecular weight excluding hydrogens is 454 g/mol. The van der Waals surface area contributed by atoms with Crippen LogP contribution in [0.2, 0.25) is 0 Å². The first-order valence-corrected chi connectivity index (χ1v) is 12.8. The third-order valence-electron chi connectivity index (χ3n) is 5.53. The van der Waals surface area contributed by atoms with Gasteiger partial charge < -0.3 is 14.6 Å². The molecule has 0 radical (unpaired) electrons. The Bertz CT molecular complexity index is 1310. The molecule has 0 saturated heterocycles. The third-order valence-corrected chi connectivity index (χ3v) is 7.31. The monoisotopic (exact) mass is 485 g/mol. The van der Waals surface area contributed by atoms with Crippen molar-refractivity contribution in [1.29, 1.82) is 0 Å². The van der Waals surface area contributed by atoms with Gasteiger partial charge in [0.1, 0.15) is 11.3 Å². The molecule has 3 rings (SSSR count). The number of nitrogens with one attached hydrogen (secondary N) is 1. The molecule has 0 unspecified atom stereocenters. The number of aromatic amines is 1. The highest BCUT2D eigenvalue weighted by atomic mass is 32.2. The fraction of sp³-hybridized carbons (Fsp3) is 0.360. The zero-order chi connectivity index (χ0) is 24.9. The molecule has 2 aromatic carbocycles. The fourth-order valence-corrected chi connectivity index (χ4v) is 4.98. The number of benzene rings is 2. The number of sulfonamides is 1. The van der Waals surface area contributed by atoms with Gasteiger partial charge >= 0.3 is 0 Å². The summed E-state index contributed by atoms with van der Waals surface area (Å²) in [5.74, 6) is 0.290. The maximum Gasteiger partial charge on any atom is 0.264 e. The summed E-state index contributed by atoms with van der Waals surface area (Å²) < 4.78 is 33.2. The van der Waals surface area contributed by atoms with Gasteiger partial charge in [-0.25, -0.2) is 8.42 Å². The van der Waals surface area contributed by atoms with Crippen molar-refractivity contribution in [3.63, 3.8) is 0 Å². The molecule has 1 aromatic heterocycles. The van der Waals surface area contributed by atoms with E-state index in [0.29, 0.717) is 36.6 Å². The van der Waals surface area contributed by atoms with Crippen molar-refractivity contribution in [3.8, 4) is 5.75 Å². The summed E-state index contributed by atoms with van der Waals surface area (Å²) in [7, 11) is -2.50. The Hall–Kier alpha value is -3.33. The summed E-state index contributed by atoms with van der Waals surface area (Å²) in [5.41, 5.74) is 0.429. The average Bonchev–Trinajstić information content (AvgIpc) is 2.84. The lowest BCUT2D eigenvalue weighted by atomic mass is 10.1. The summed E-state index contributed by atoms with van der Waals surface area (Å²) in [5, 5.41) is 0.153. The van der Waals surface area contributed by atoms with E-state index in [-0.39, 0.29) is 21.8 Å². The number of aromatic nitrogens is 1. The predicted molar refractivity (Wildman–Crippen MR) is 134 cm³/mol. The number of H-pyrrole nitrogens is 1. The number of hydrogen-bond donors (Lipinski definition) is 1. The van der Waals surface area contributed by atoms with E-state index in [1.165, 1.54) is 25.4 Å². The van der Waals surface area contributed by atoms with E-state index < -0.39 is 15.5 Å². The van der Waals surface area contributed by atoms with Gasteiger partial charge in [-0.1, -0.05) is 13.8 Å². The molecule has 1 heterocycles. The van der Waals surface area contributed by atoms with Crippen LogP contribution in [0, 0.1) is 0 Å². The lowest BCUT2D eigenvalue weighted by Gasteiger charge is -2.21. The SMILES string of the molecule is CCCN(CCC)C(=O)c1c[nH]c2ccc(S(=O)(=O)N(C)c3ccc(OCC)cc3)cc2c1=O. The topological polar surface area (TPSA) is 99.8 Å². The van der Waals surface area contributed by atoms with E-state index in [1.807, 2.05) is 20.8 Å². The number of hydrogen-bond acceptors (Lipinski definition) is 5. The summed E-state index contributed by atoms with van der Waals surface area (Å²) in [4.78, 5) is 30.8. The van der Waals surface area contributed by atoms with Crippen molar-refractivity contribution in [2.24, 2.45) is 0 Å². The molecule has 0 fully saturated rings. The Kier molecular flexibility index (Phi) is 7.98. The number of fused-ring (bicyclic) bond motifs is 1. The van der Waals surface area contributed by atoms with Gasteiger partial charge in [-0.05, 0) is 62.2 Å². The van der Waals surface area contributed by atoms with Gasteiger partial charge in [-0.3, -0.25) is 13.9 Å². The predicted octanol–water partition coefficient (Wildman–Crippen LogP) is 4.01. The van der Waals surface area contributed by atoms with Gasteiger partial charge in [0.2, 0.25) is 5.43 Å². The van der Waals surface area contributed by atoms with Crippen LogP contribution < -0.4 is 14.5 Å². The highest BCUT2D eigenvalue weighted by Crippen LogP contribution is 2.25. The van der Waals surface area contributed by atoms with Gasteiger partial charge in [0.15, 0.2) is 0 Å². The second kappa shape index (κ2) is 10.7. The van der Waals surface area contributed by atoms with Crippen LogP contribution in [-0.4, -0.2) is 51.0 Å². The Morgan fingerprint density at radius 2 is 1.65 bits per heavy atom. The smallest absolute Gasteiger partial charge is 0.264 e. The molecule has 182 valence electrons. The van der Waals surface area contributed by atoms with E-state index >= 15 is 0 Å². The van der Waals surface area contributed by atoms with Crippen LogP contribution in [0.5, 0.6) is 5.75 Å². The quantitative estimate of drug-likeness (QED) is 0.468. The highest BCUT2D eigenvalue weighted by molar-refractivity contribution is 7.92. The van der Waals surface area contributed by atoms with E-state index in [4.69, 9.17) is 4.74 Å². The number of anilines is 1. The first kappa shape index (κ1) is 25.3. The molecule has 3 aromatic rings. The number of rotatable bonds is 10. The van der Waals surface area contributed by atoms with Gasteiger partial charge in [0.25, 0.3) is 15.9 Å². The normalized spacial score (nSPS) is 11.4. The van der Waals surface area contributed by atoms with Crippen molar-refractivity contribution in [3.05, 3.63) is 64.4 Å². The van der Waals surface area contributed by atoms with Crippen LogP contribution in [0.1, 0.15) is 44.0 Å². The first-order chi connectivity index (χ1) is 16.2. The summed E-state index contributed by atoms with van der Waals surface area (Å²) in [6, 6.07) is 11.0. The zero-order valence-electron chi connectivity index (χ0n) is 20.0. The number of carbonyl (C=O) groups is 1. The molecule has 8 nitrogen and oxygen atoms in total. The molecule has 0 atom stereocenters. The van der Waals surface area contributed by atoms with Gasteiger partial charge in [0, 0.05) is 37.2 Å². The molecule has 0 saturated carbocycles. The van der Waals surface area contributed by atoms with Crippen molar-refractivity contribution in [1.82, 2.24) is 9.88 Å². The lowest BCUT2D eigenvalue weighted by Crippen LogP contribution is -2.35. The van der Waals surface area contributed by atoms with Crippen molar-refractivity contribution in [2.75, 3.05) is 31.0 Å². The lowest BCUT2D eigenvalue weighted by molar-refractivity contribution is 0.0754. The summed E-state index contributed by atoms with van der Waals surface area (Å²) >= 11 is 0. The molecular formula is C25H31N3O5S. The number of ether oxygens (including phenoxy) is 1. The maximum atomic E-state index is 13.3. The minimum atomic E-state index is -3.95. The molecule has 0 aliphatic carbocycles. The molecule has 0 aliphatic rings. The van der Waals surface area contributed by atoms with Crippen LogP contribution >= 0.6 is 0 Å². The Morgan fingerprint density at radius 3 is 2.24 bits per heavy atom. The largest absolute Gasteiger partial charge is 0.494 e. The summed E-state index contributed by atoms with van der Waals surface area (Å²) in [6.45, 7) is 7.42. The minimum Gasteiger partial charge on any atom is -0.494 e. The average molecular weight is 486 g/mol. The van der Waals surface area contributed by atoms with Gasteiger partial charge in [0.05, 0.1) is 17.2 Å². The Morgan fingerprint density at radius 1 is 1.00 bits per heavy atom. The Balaban J connectivity index is 2.01. The summed E-state index contributed by atoms with van der Waals surface area (Å²) in [6.07, 6.45) is 2.96. The zero-order valence-corrected chi connectivity index (χ0v) is 20.8. The minimum absolute atomic E-state index is 0.00353. The molecule has 34 heavy (non-hydrogen) atoms. The molecule has 1 amide bonds. The van der Waals surface area contributed by atoms with Crippen molar-refractivity contribution < 1.29 is 17.9 Å². The first-order valence-electron chi connectivity index (χ1n) is 11.4. The second-order valence-corrected chi connectivity index (χ2v) is 9.90. The number of amides is 1. The molecule has 9 heteroatoms. The number of nitrogens with zero attached hydrogens (tertiary/aromatic N) is 2. The van der Waals surface area contributed by atoms with Crippen molar-refractivity contribution >= 4 is 32.5 Å². The molecule has 0 spiro atoms.